The highest BCUT2D eigenvalue weighted by atomic mass is 35.5. The normalized spacial score (nSPS) is 10.3. The van der Waals surface area contributed by atoms with E-state index in [1.807, 2.05) is 24.3 Å². The third kappa shape index (κ3) is 2.31. The van der Waals surface area contributed by atoms with Crippen LogP contribution < -0.4 is 10.5 Å². The number of nitrogen functional groups attached to an aromatic ring is 1. The monoisotopic (exact) mass is 249 g/mol. The molecule has 0 radical (unpaired) electrons. The number of benzene rings is 1. The molecule has 88 valence electrons. The van der Waals surface area contributed by atoms with E-state index in [4.69, 9.17) is 22.1 Å². The zero-order valence-corrected chi connectivity index (χ0v) is 10.3. The van der Waals surface area contributed by atoms with Crippen molar-refractivity contribution in [2.24, 2.45) is 0 Å². The summed E-state index contributed by atoms with van der Waals surface area (Å²) in [5, 5.41) is 0.281. The van der Waals surface area contributed by atoms with Crippen molar-refractivity contribution in [2.45, 2.75) is 6.92 Å². The molecule has 2 aromatic rings. The summed E-state index contributed by atoms with van der Waals surface area (Å²) < 4.78 is 5.09. The van der Waals surface area contributed by atoms with Gasteiger partial charge in [-0.15, -0.1) is 0 Å². The van der Waals surface area contributed by atoms with E-state index in [1.165, 1.54) is 0 Å². The Morgan fingerprint density at radius 1 is 1.18 bits per heavy atom. The minimum atomic E-state index is 0.281. The van der Waals surface area contributed by atoms with Crippen molar-refractivity contribution in [3.8, 4) is 17.0 Å². The molecule has 0 saturated heterocycles. The van der Waals surface area contributed by atoms with E-state index in [9.17, 15) is 0 Å². The van der Waals surface area contributed by atoms with Crippen LogP contribution in [-0.2, 0) is 0 Å². The Kier molecular flexibility index (Phi) is 3.15. The van der Waals surface area contributed by atoms with E-state index in [-0.39, 0.29) is 5.15 Å². The number of aromatic nitrogens is 2. The summed E-state index contributed by atoms with van der Waals surface area (Å²) in [6.45, 7) is 1.78. The van der Waals surface area contributed by atoms with E-state index < -0.39 is 0 Å². The number of halogens is 1. The Morgan fingerprint density at radius 2 is 1.82 bits per heavy atom. The van der Waals surface area contributed by atoms with Gasteiger partial charge in [-0.25, -0.2) is 9.97 Å². The summed E-state index contributed by atoms with van der Waals surface area (Å²) in [5.74, 6) is 1.37. The van der Waals surface area contributed by atoms with E-state index in [0.717, 1.165) is 11.3 Å². The van der Waals surface area contributed by atoms with Gasteiger partial charge in [0.15, 0.2) is 5.15 Å². The molecular weight excluding hydrogens is 238 g/mol. The van der Waals surface area contributed by atoms with Crippen LogP contribution in [0.25, 0.3) is 11.3 Å². The second kappa shape index (κ2) is 4.59. The molecule has 1 aromatic carbocycles. The molecule has 1 aromatic heterocycles. The van der Waals surface area contributed by atoms with Crippen LogP contribution >= 0.6 is 11.6 Å². The molecule has 0 bridgehead atoms. The Bertz CT molecular complexity index is 540. The van der Waals surface area contributed by atoms with Crippen LogP contribution in [0, 0.1) is 6.92 Å². The van der Waals surface area contributed by atoms with Crippen LogP contribution in [0.5, 0.6) is 5.75 Å². The average Bonchev–Trinajstić information content (AvgIpc) is 2.34. The fourth-order valence-corrected chi connectivity index (χ4v) is 1.73. The second-order valence-electron chi connectivity index (χ2n) is 3.55. The lowest BCUT2D eigenvalue weighted by Crippen LogP contribution is -1.99. The SMILES string of the molecule is COc1ccc(-c2nc(C)nc(Cl)c2N)cc1. The molecule has 0 amide bonds. The number of rotatable bonds is 2. The number of nitrogens with two attached hydrogens (primary N) is 1. The van der Waals surface area contributed by atoms with E-state index in [0.29, 0.717) is 17.2 Å². The van der Waals surface area contributed by atoms with Crippen LogP contribution in [-0.4, -0.2) is 17.1 Å². The molecule has 0 atom stereocenters. The Balaban J connectivity index is 2.52. The minimum Gasteiger partial charge on any atom is -0.497 e. The molecule has 0 spiro atoms. The zero-order valence-electron chi connectivity index (χ0n) is 9.57. The number of hydrogen-bond donors (Lipinski definition) is 1. The molecule has 1 heterocycles. The minimum absolute atomic E-state index is 0.281. The van der Waals surface area contributed by atoms with Crippen molar-refractivity contribution in [1.82, 2.24) is 9.97 Å². The third-order valence-electron chi connectivity index (χ3n) is 2.37. The van der Waals surface area contributed by atoms with Crippen molar-refractivity contribution in [3.05, 3.63) is 35.2 Å². The predicted molar refractivity (Wildman–Crippen MR) is 68.2 cm³/mol. The largest absolute Gasteiger partial charge is 0.497 e. The van der Waals surface area contributed by atoms with Gasteiger partial charge in [-0.1, -0.05) is 11.6 Å². The van der Waals surface area contributed by atoms with Crippen LogP contribution in [0.1, 0.15) is 5.82 Å². The number of anilines is 1. The first-order valence-corrected chi connectivity index (χ1v) is 5.43. The van der Waals surface area contributed by atoms with Crippen LogP contribution in [0.3, 0.4) is 0 Å². The van der Waals surface area contributed by atoms with Gasteiger partial charge in [0.05, 0.1) is 18.5 Å². The summed E-state index contributed by atoms with van der Waals surface area (Å²) in [6.07, 6.45) is 0. The summed E-state index contributed by atoms with van der Waals surface area (Å²) in [4.78, 5) is 8.30. The zero-order chi connectivity index (χ0) is 12.4. The summed E-state index contributed by atoms with van der Waals surface area (Å²) in [7, 11) is 1.62. The lowest BCUT2D eigenvalue weighted by atomic mass is 10.1. The first kappa shape index (κ1) is 11.7. The lowest BCUT2D eigenvalue weighted by molar-refractivity contribution is 0.415. The van der Waals surface area contributed by atoms with Gasteiger partial charge < -0.3 is 10.5 Å². The van der Waals surface area contributed by atoms with Crippen molar-refractivity contribution < 1.29 is 4.74 Å². The molecule has 0 unspecified atom stereocenters. The second-order valence-corrected chi connectivity index (χ2v) is 3.91. The van der Waals surface area contributed by atoms with Gasteiger partial charge in [-0.3, -0.25) is 0 Å². The van der Waals surface area contributed by atoms with Crippen molar-refractivity contribution >= 4 is 17.3 Å². The Hall–Kier alpha value is -1.81. The maximum absolute atomic E-state index is 5.93. The Labute approximate surface area is 104 Å². The van der Waals surface area contributed by atoms with Crippen molar-refractivity contribution in [1.29, 1.82) is 0 Å². The number of methoxy groups -OCH3 is 1. The average molecular weight is 250 g/mol. The molecule has 0 saturated carbocycles. The van der Waals surface area contributed by atoms with E-state index in [2.05, 4.69) is 9.97 Å². The molecule has 0 aliphatic heterocycles. The molecule has 4 nitrogen and oxygen atoms in total. The number of aryl methyl sites for hydroxylation is 1. The van der Waals surface area contributed by atoms with Gasteiger partial charge >= 0.3 is 0 Å². The van der Waals surface area contributed by atoms with Gasteiger partial charge in [-0.05, 0) is 31.2 Å². The van der Waals surface area contributed by atoms with Crippen LogP contribution in [0.2, 0.25) is 5.15 Å². The molecule has 17 heavy (non-hydrogen) atoms. The maximum atomic E-state index is 5.93. The highest BCUT2D eigenvalue weighted by molar-refractivity contribution is 6.32. The van der Waals surface area contributed by atoms with E-state index >= 15 is 0 Å². The van der Waals surface area contributed by atoms with Gasteiger partial charge in [0.2, 0.25) is 0 Å². The quantitative estimate of drug-likeness (QED) is 0.832. The van der Waals surface area contributed by atoms with Gasteiger partial charge in [0, 0.05) is 5.56 Å². The highest BCUT2D eigenvalue weighted by Gasteiger charge is 2.10. The van der Waals surface area contributed by atoms with E-state index in [1.54, 1.807) is 14.0 Å². The van der Waals surface area contributed by atoms with Crippen molar-refractivity contribution in [2.75, 3.05) is 12.8 Å². The lowest BCUT2D eigenvalue weighted by Gasteiger charge is -2.08. The molecular formula is C12H12ClN3O. The van der Waals surface area contributed by atoms with Gasteiger partial charge in [-0.2, -0.15) is 0 Å². The standard InChI is InChI=1S/C12H12ClN3O/c1-7-15-11(10(14)12(13)16-7)8-3-5-9(17-2)6-4-8/h3-6H,14H2,1-2H3. The molecule has 0 fully saturated rings. The smallest absolute Gasteiger partial charge is 0.156 e. The first-order valence-electron chi connectivity index (χ1n) is 5.06. The first-order chi connectivity index (χ1) is 8.11. The van der Waals surface area contributed by atoms with Gasteiger partial charge in [0.1, 0.15) is 11.6 Å². The van der Waals surface area contributed by atoms with Crippen LogP contribution in [0.4, 0.5) is 5.69 Å². The van der Waals surface area contributed by atoms with Gasteiger partial charge in [0.25, 0.3) is 0 Å². The Morgan fingerprint density at radius 3 is 2.41 bits per heavy atom. The third-order valence-corrected chi connectivity index (χ3v) is 2.66. The fourth-order valence-electron chi connectivity index (χ4n) is 1.52. The highest BCUT2D eigenvalue weighted by Crippen LogP contribution is 2.29. The summed E-state index contributed by atoms with van der Waals surface area (Å²) in [5.41, 5.74) is 7.79. The molecule has 2 N–H and O–H groups in total. The maximum Gasteiger partial charge on any atom is 0.156 e. The number of ether oxygens (including phenoxy) is 1. The topological polar surface area (TPSA) is 61.0 Å². The molecule has 5 heteroatoms. The molecule has 0 aliphatic rings. The van der Waals surface area contributed by atoms with Crippen molar-refractivity contribution in [3.63, 3.8) is 0 Å². The number of hydrogen-bond acceptors (Lipinski definition) is 4. The van der Waals surface area contributed by atoms with Crippen LogP contribution in [0.15, 0.2) is 24.3 Å². The predicted octanol–water partition coefficient (Wildman–Crippen LogP) is 2.70. The molecule has 2 rings (SSSR count). The summed E-state index contributed by atoms with van der Waals surface area (Å²) in [6, 6.07) is 7.46. The fraction of sp³-hybridized carbons (Fsp3) is 0.167. The number of nitrogens with zero attached hydrogens (tertiary/aromatic N) is 2. The molecule has 0 aliphatic carbocycles. The summed E-state index contributed by atoms with van der Waals surface area (Å²) >= 11 is 5.93.